The summed E-state index contributed by atoms with van der Waals surface area (Å²) in [6.45, 7) is 2.44. The van der Waals surface area contributed by atoms with Gasteiger partial charge < -0.3 is 10.2 Å². The van der Waals surface area contributed by atoms with Gasteiger partial charge in [0.05, 0.1) is 18.7 Å². The number of amides is 2. The van der Waals surface area contributed by atoms with E-state index in [0.29, 0.717) is 19.5 Å². The van der Waals surface area contributed by atoms with Crippen LogP contribution in [0.15, 0.2) is 30.3 Å². The van der Waals surface area contributed by atoms with Crippen LogP contribution in [-0.2, 0) is 19.6 Å². The third-order valence-corrected chi connectivity index (χ3v) is 5.48. The van der Waals surface area contributed by atoms with Gasteiger partial charge in [0.2, 0.25) is 21.8 Å². The number of nitrogens with zero attached hydrogens (tertiary/aromatic N) is 1. The Hall–Kier alpha value is -1.93. The second-order valence-corrected chi connectivity index (χ2v) is 8.89. The van der Waals surface area contributed by atoms with Gasteiger partial charge in [-0.2, -0.15) is 0 Å². The molecule has 2 amide bonds. The van der Waals surface area contributed by atoms with E-state index < -0.39 is 10.0 Å². The van der Waals surface area contributed by atoms with Gasteiger partial charge in [0.15, 0.2) is 0 Å². The summed E-state index contributed by atoms with van der Waals surface area (Å²) in [6, 6.07) is 9.12. The van der Waals surface area contributed by atoms with Crippen LogP contribution in [0.25, 0.3) is 0 Å². The number of hydrogen-bond donors (Lipinski definition) is 2. The molecule has 7 nitrogen and oxygen atoms in total. The van der Waals surface area contributed by atoms with Crippen LogP contribution in [0.3, 0.4) is 0 Å². The lowest BCUT2D eigenvalue weighted by Crippen LogP contribution is -2.46. The summed E-state index contributed by atoms with van der Waals surface area (Å²) in [5.41, 5.74) is 0.897. The Morgan fingerprint density at radius 2 is 1.93 bits per heavy atom. The predicted molar refractivity (Wildman–Crippen MR) is 104 cm³/mol. The Morgan fingerprint density at radius 3 is 2.56 bits per heavy atom. The highest BCUT2D eigenvalue weighted by molar-refractivity contribution is 7.88. The molecule has 1 aliphatic rings. The van der Waals surface area contributed by atoms with E-state index in [4.69, 9.17) is 0 Å². The van der Waals surface area contributed by atoms with Crippen LogP contribution in [0.4, 0.5) is 0 Å². The van der Waals surface area contributed by atoms with E-state index in [1.54, 1.807) is 0 Å². The van der Waals surface area contributed by atoms with Gasteiger partial charge >= 0.3 is 0 Å². The van der Waals surface area contributed by atoms with Crippen LogP contribution in [0.5, 0.6) is 0 Å². The van der Waals surface area contributed by atoms with Gasteiger partial charge in [0, 0.05) is 26.1 Å². The number of likely N-dealkylation sites (tertiary alicyclic amines) is 1. The first-order valence-corrected chi connectivity index (χ1v) is 11.2. The Kier molecular flexibility index (Phi) is 7.79. The summed E-state index contributed by atoms with van der Waals surface area (Å²) >= 11 is 0. The first kappa shape index (κ1) is 21.4. The summed E-state index contributed by atoms with van der Waals surface area (Å²) in [4.78, 5) is 26.4. The molecule has 0 spiro atoms. The Balaban J connectivity index is 2.03. The molecule has 27 heavy (non-hydrogen) atoms. The van der Waals surface area contributed by atoms with E-state index in [9.17, 15) is 18.0 Å². The first-order valence-electron chi connectivity index (χ1n) is 9.32. The van der Waals surface area contributed by atoms with Crippen molar-refractivity contribution in [1.29, 1.82) is 0 Å². The van der Waals surface area contributed by atoms with Crippen LogP contribution in [0, 0.1) is 0 Å². The van der Waals surface area contributed by atoms with Crippen LogP contribution in [-0.4, -0.2) is 50.5 Å². The monoisotopic (exact) mass is 395 g/mol. The van der Waals surface area contributed by atoms with E-state index in [-0.39, 0.29) is 30.3 Å². The molecule has 2 rings (SSSR count). The topological polar surface area (TPSA) is 95.6 Å². The molecule has 0 unspecified atom stereocenters. The maximum Gasteiger partial charge on any atom is 0.225 e. The molecule has 0 saturated carbocycles. The van der Waals surface area contributed by atoms with Crippen molar-refractivity contribution < 1.29 is 18.0 Å². The van der Waals surface area contributed by atoms with Crippen molar-refractivity contribution in [2.24, 2.45) is 0 Å². The summed E-state index contributed by atoms with van der Waals surface area (Å²) in [5.74, 6) is -0.189. The van der Waals surface area contributed by atoms with Gasteiger partial charge in [-0.05, 0) is 31.2 Å². The highest BCUT2D eigenvalue weighted by atomic mass is 32.2. The SMILES string of the molecule is CC(=O)N[C@H](CC(=O)N1CCCC[C@H]1CCNS(C)(=O)=O)c1ccccc1. The lowest BCUT2D eigenvalue weighted by Gasteiger charge is -2.37. The van der Waals surface area contributed by atoms with Gasteiger partial charge in [-0.25, -0.2) is 13.1 Å². The van der Waals surface area contributed by atoms with Crippen molar-refractivity contribution in [3.05, 3.63) is 35.9 Å². The van der Waals surface area contributed by atoms with Crippen molar-refractivity contribution in [2.75, 3.05) is 19.3 Å². The van der Waals surface area contributed by atoms with Crippen LogP contribution < -0.4 is 10.0 Å². The van der Waals surface area contributed by atoms with Crippen molar-refractivity contribution in [3.63, 3.8) is 0 Å². The zero-order chi connectivity index (χ0) is 19.9. The molecule has 0 radical (unpaired) electrons. The average molecular weight is 396 g/mol. The van der Waals surface area contributed by atoms with Gasteiger partial charge in [0.1, 0.15) is 0 Å². The molecular formula is C19H29N3O4S. The number of rotatable bonds is 8. The molecule has 0 aliphatic carbocycles. The number of benzene rings is 1. The van der Waals surface area contributed by atoms with Gasteiger partial charge in [-0.15, -0.1) is 0 Å². The Labute approximate surface area is 161 Å². The second-order valence-electron chi connectivity index (χ2n) is 7.06. The fourth-order valence-corrected chi connectivity index (χ4v) is 4.00. The van der Waals surface area contributed by atoms with E-state index in [2.05, 4.69) is 10.0 Å². The van der Waals surface area contributed by atoms with Gasteiger partial charge in [-0.1, -0.05) is 30.3 Å². The van der Waals surface area contributed by atoms with Crippen LogP contribution >= 0.6 is 0 Å². The standard InChI is InChI=1S/C19H29N3O4S/c1-15(23)21-18(16-8-4-3-5-9-16)14-19(24)22-13-7-6-10-17(22)11-12-20-27(2,25)26/h3-5,8-9,17-18,20H,6-7,10-14H2,1-2H3,(H,21,23)/t17-,18+/m0/s1. The zero-order valence-electron chi connectivity index (χ0n) is 16.0. The summed E-state index contributed by atoms with van der Waals surface area (Å²) in [7, 11) is -3.23. The number of hydrogen-bond acceptors (Lipinski definition) is 4. The Bertz CT molecular complexity index is 737. The molecule has 1 aromatic rings. The van der Waals surface area contributed by atoms with Crippen molar-refractivity contribution in [1.82, 2.24) is 14.9 Å². The van der Waals surface area contributed by atoms with Crippen molar-refractivity contribution in [3.8, 4) is 0 Å². The summed E-state index contributed by atoms with van der Waals surface area (Å²) in [5, 5.41) is 2.87. The molecule has 1 heterocycles. The minimum atomic E-state index is -3.23. The van der Waals surface area contributed by atoms with Gasteiger partial charge in [0.25, 0.3) is 0 Å². The van der Waals surface area contributed by atoms with E-state index in [1.807, 2.05) is 35.2 Å². The van der Waals surface area contributed by atoms with Crippen molar-refractivity contribution >= 4 is 21.8 Å². The molecule has 1 aliphatic heterocycles. The normalized spacial score (nSPS) is 18.7. The fourth-order valence-electron chi connectivity index (χ4n) is 3.51. The predicted octanol–water partition coefficient (Wildman–Crippen LogP) is 1.57. The molecule has 1 aromatic carbocycles. The fraction of sp³-hybridized carbons (Fsp3) is 0.579. The summed E-state index contributed by atoms with van der Waals surface area (Å²) < 4.78 is 25.0. The van der Waals surface area contributed by atoms with Crippen LogP contribution in [0.2, 0.25) is 0 Å². The molecule has 150 valence electrons. The van der Waals surface area contributed by atoms with E-state index in [0.717, 1.165) is 31.1 Å². The second kappa shape index (κ2) is 9.85. The number of sulfonamides is 1. The molecule has 1 fully saturated rings. The maximum atomic E-state index is 13.0. The molecule has 8 heteroatoms. The third-order valence-electron chi connectivity index (χ3n) is 4.75. The van der Waals surface area contributed by atoms with Crippen LogP contribution in [0.1, 0.15) is 50.6 Å². The minimum Gasteiger partial charge on any atom is -0.349 e. The van der Waals surface area contributed by atoms with Crippen molar-refractivity contribution in [2.45, 2.75) is 51.1 Å². The highest BCUT2D eigenvalue weighted by Crippen LogP contribution is 2.24. The number of carbonyl (C=O) groups is 2. The summed E-state index contributed by atoms with van der Waals surface area (Å²) in [6.07, 6.45) is 4.76. The third kappa shape index (κ3) is 7.30. The minimum absolute atomic E-state index is 0.0124. The van der Waals surface area contributed by atoms with E-state index >= 15 is 0 Å². The molecule has 0 bridgehead atoms. The number of piperidine rings is 1. The zero-order valence-corrected chi connectivity index (χ0v) is 16.8. The smallest absolute Gasteiger partial charge is 0.225 e. The first-order chi connectivity index (χ1) is 12.8. The average Bonchev–Trinajstić information content (AvgIpc) is 2.61. The number of carbonyl (C=O) groups excluding carboxylic acids is 2. The van der Waals surface area contributed by atoms with Gasteiger partial charge in [-0.3, -0.25) is 9.59 Å². The molecule has 2 atom stereocenters. The number of nitrogens with one attached hydrogen (secondary N) is 2. The Morgan fingerprint density at radius 1 is 1.22 bits per heavy atom. The largest absolute Gasteiger partial charge is 0.349 e. The quantitative estimate of drug-likeness (QED) is 0.698. The lowest BCUT2D eigenvalue weighted by atomic mass is 9.97. The molecule has 2 N–H and O–H groups in total. The highest BCUT2D eigenvalue weighted by Gasteiger charge is 2.28. The lowest BCUT2D eigenvalue weighted by molar-refractivity contribution is -0.135. The molecule has 1 saturated heterocycles. The molecular weight excluding hydrogens is 366 g/mol. The maximum absolute atomic E-state index is 13.0. The van der Waals surface area contributed by atoms with E-state index in [1.165, 1.54) is 6.92 Å². The molecule has 0 aromatic heterocycles.